The zero-order valence-corrected chi connectivity index (χ0v) is 14.2. The summed E-state index contributed by atoms with van der Waals surface area (Å²) in [5.74, 6) is 0.164. The van der Waals surface area contributed by atoms with Crippen LogP contribution in [0.4, 0.5) is 0 Å². The van der Waals surface area contributed by atoms with Gasteiger partial charge >= 0.3 is 0 Å². The van der Waals surface area contributed by atoms with Gasteiger partial charge in [-0.25, -0.2) is 0 Å². The van der Waals surface area contributed by atoms with Crippen LogP contribution in [-0.2, 0) is 0 Å². The number of amidine groups is 2. The molecule has 0 heterocycles. The molecule has 22 heavy (non-hydrogen) atoms. The van der Waals surface area contributed by atoms with Crippen LogP contribution in [0.25, 0.3) is 0 Å². The summed E-state index contributed by atoms with van der Waals surface area (Å²) in [6.07, 6.45) is 0. The smallest absolute Gasteiger partial charge is 0.179 e. The third-order valence-electron chi connectivity index (χ3n) is 2.47. The lowest BCUT2D eigenvalue weighted by Crippen LogP contribution is -2.15. The SMILES string of the molecule is CN/C(S)=N/N=C(C)/C(=N/N=C(\S)NC)c1ccc(O)cc1. The van der Waals surface area contributed by atoms with Crippen molar-refractivity contribution in [3.8, 4) is 5.75 Å². The number of thiol groups is 2. The Morgan fingerprint density at radius 2 is 1.41 bits per heavy atom. The highest BCUT2D eigenvalue weighted by atomic mass is 32.1. The van der Waals surface area contributed by atoms with E-state index in [1.54, 1.807) is 45.3 Å². The second-order valence-corrected chi connectivity index (χ2v) is 4.88. The number of hydrogen-bond donors (Lipinski definition) is 5. The van der Waals surface area contributed by atoms with E-state index < -0.39 is 0 Å². The Morgan fingerprint density at radius 3 is 1.91 bits per heavy atom. The Labute approximate surface area is 140 Å². The molecule has 0 bridgehead atoms. The topological polar surface area (TPSA) is 93.7 Å². The average Bonchev–Trinajstić information content (AvgIpc) is 2.53. The Kier molecular flexibility index (Phi) is 7.47. The van der Waals surface area contributed by atoms with Crippen LogP contribution < -0.4 is 10.6 Å². The van der Waals surface area contributed by atoms with Gasteiger partial charge in [0.2, 0.25) is 0 Å². The first kappa shape index (κ1) is 18.1. The van der Waals surface area contributed by atoms with Crippen LogP contribution in [0, 0.1) is 0 Å². The minimum atomic E-state index is 0.164. The van der Waals surface area contributed by atoms with E-state index in [1.165, 1.54) is 0 Å². The van der Waals surface area contributed by atoms with Crippen molar-refractivity contribution in [2.45, 2.75) is 6.92 Å². The van der Waals surface area contributed by atoms with E-state index in [0.717, 1.165) is 5.56 Å². The fourth-order valence-electron chi connectivity index (χ4n) is 1.33. The van der Waals surface area contributed by atoms with Crippen LogP contribution in [-0.4, -0.2) is 41.0 Å². The minimum Gasteiger partial charge on any atom is -0.508 e. The van der Waals surface area contributed by atoms with Crippen molar-refractivity contribution in [2.24, 2.45) is 20.4 Å². The molecule has 0 aliphatic rings. The lowest BCUT2D eigenvalue weighted by atomic mass is 10.1. The monoisotopic (exact) mass is 338 g/mol. The predicted octanol–water partition coefficient (Wildman–Crippen LogP) is 1.48. The van der Waals surface area contributed by atoms with E-state index in [1.807, 2.05) is 0 Å². The lowest BCUT2D eigenvalue weighted by molar-refractivity contribution is 0.475. The molecule has 0 radical (unpaired) electrons. The summed E-state index contributed by atoms with van der Waals surface area (Å²) in [4.78, 5) is 0. The second kappa shape index (κ2) is 9.11. The fourth-order valence-corrected chi connectivity index (χ4v) is 1.41. The molecular weight excluding hydrogens is 320 g/mol. The Bertz CT molecular complexity index is 622. The number of rotatable bonds is 4. The molecular formula is C13H18N6OS2. The number of aromatic hydroxyl groups is 1. The van der Waals surface area contributed by atoms with Gasteiger partial charge in [-0.2, -0.15) is 5.10 Å². The quantitative estimate of drug-likeness (QED) is 0.249. The van der Waals surface area contributed by atoms with Crippen molar-refractivity contribution in [3.63, 3.8) is 0 Å². The van der Waals surface area contributed by atoms with Crippen LogP contribution in [0.1, 0.15) is 12.5 Å². The highest BCUT2D eigenvalue weighted by Crippen LogP contribution is 2.12. The molecule has 0 fully saturated rings. The molecule has 0 spiro atoms. The summed E-state index contributed by atoms with van der Waals surface area (Å²) in [5.41, 5.74) is 1.77. The molecule has 0 saturated carbocycles. The van der Waals surface area contributed by atoms with Crippen LogP contribution in [0.3, 0.4) is 0 Å². The van der Waals surface area contributed by atoms with Gasteiger partial charge in [-0.15, -0.1) is 40.6 Å². The number of hydrogen-bond acceptors (Lipinski definition) is 5. The largest absolute Gasteiger partial charge is 0.508 e. The van der Waals surface area contributed by atoms with Crippen LogP contribution in [0.5, 0.6) is 5.75 Å². The van der Waals surface area contributed by atoms with Crippen molar-refractivity contribution >= 4 is 47.0 Å². The third kappa shape index (κ3) is 5.78. The molecule has 0 aromatic heterocycles. The Morgan fingerprint density at radius 1 is 0.909 bits per heavy atom. The van der Waals surface area contributed by atoms with E-state index in [4.69, 9.17) is 0 Å². The summed E-state index contributed by atoms with van der Waals surface area (Å²) in [6.45, 7) is 1.75. The van der Waals surface area contributed by atoms with Gasteiger partial charge in [0, 0.05) is 19.7 Å². The number of nitrogens with zero attached hydrogens (tertiary/aromatic N) is 4. The molecule has 0 aliphatic heterocycles. The molecule has 1 aromatic carbocycles. The van der Waals surface area contributed by atoms with E-state index in [9.17, 15) is 5.11 Å². The first-order chi connectivity index (χ1) is 10.5. The van der Waals surface area contributed by atoms with Gasteiger partial charge in [0.1, 0.15) is 11.5 Å². The highest BCUT2D eigenvalue weighted by molar-refractivity contribution is 7.97. The lowest BCUT2D eigenvalue weighted by Gasteiger charge is -2.04. The van der Waals surface area contributed by atoms with Crippen molar-refractivity contribution in [3.05, 3.63) is 29.8 Å². The van der Waals surface area contributed by atoms with Crippen LogP contribution >= 0.6 is 25.3 Å². The van der Waals surface area contributed by atoms with Crippen molar-refractivity contribution in [1.29, 1.82) is 0 Å². The zero-order valence-electron chi connectivity index (χ0n) is 12.4. The summed E-state index contributed by atoms with van der Waals surface area (Å²) in [6, 6.07) is 6.54. The summed E-state index contributed by atoms with van der Waals surface area (Å²) < 4.78 is 0. The molecule has 1 rings (SSSR count). The number of nitrogens with one attached hydrogen (secondary N) is 2. The second-order valence-electron chi connectivity index (χ2n) is 4.03. The molecule has 0 unspecified atom stereocenters. The Balaban J connectivity index is 3.25. The van der Waals surface area contributed by atoms with E-state index in [-0.39, 0.29) is 5.75 Å². The number of phenols is 1. The maximum Gasteiger partial charge on any atom is 0.179 e. The standard InChI is InChI=1S/C13H18N6OS2/c1-8(16-18-12(21)14-2)11(17-19-13(22)15-3)9-4-6-10(20)7-5-9/h4-7,20H,1-3H3,(H2,14,18,21)(H2,15,19,22)/b16-8+,17-11-. The van der Waals surface area contributed by atoms with Crippen molar-refractivity contribution < 1.29 is 5.11 Å². The van der Waals surface area contributed by atoms with Gasteiger partial charge in [0.25, 0.3) is 0 Å². The van der Waals surface area contributed by atoms with Crippen LogP contribution in [0.15, 0.2) is 44.7 Å². The maximum atomic E-state index is 9.38. The van der Waals surface area contributed by atoms with Gasteiger partial charge in [0.05, 0.1) is 5.71 Å². The molecule has 0 amide bonds. The van der Waals surface area contributed by atoms with Crippen molar-refractivity contribution in [2.75, 3.05) is 14.1 Å². The highest BCUT2D eigenvalue weighted by Gasteiger charge is 2.08. The van der Waals surface area contributed by atoms with Gasteiger partial charge < -0.3 is 15.7 Å². The molecule has 0 saturated heterocycles. The molecule has 0 aliphatic carbocycles. The van der Waals surface area contributed by atoms with E-state index >= 15 is 0 Å². The van der Waals surface area contributed by atoms with E-state index in [2.05, 4.69) is 56.3 Å². The minimum absolute atomic E-state index is 0.164. The first-order valence-corrected chi connectivity index (χ1v) is 7.18. The average molecular weight is 338 g/mol. The predicted molar refractivity (Wildman–Crippen MR) is 98.7 cm³/mol. The fraction of sp³-hybridized carbons (Fsp3) is 0.231. The molecule has 1 aromatic rings. The summed E-state index contributed by atoms with van der Waals surface area (Å²) >= 11 is 8.19. The summed E-state index contributed by atoms with van der Waals surface area (Å²) in [7, 11) is 3.38. The molecule has 0 atom stereocenters. The molecule has 3 N–H and O–H groups in total. The maximum absolute atomic E-state index is 9.38. The molecule has 7 nitrogen and oxygen atoms in total. The van der Waals surface area contributed by atoms with Gasteiger partial charge in [0.15, 0.2) is 10.3 Å². The van der Waals surface area contributed by atoms with Crippen molar-refractivity contribution in [1.82, 2.24) is 10.6 Å². The normalized spacial score (nSPS) is 14.0. The van der Waals surface area contributed by atoms with Gasteiger partial charge in [-0.1, -0.05) is 0 Å². The van der Waals surface area contributed by atoms with Gasteiger partial charge in [-0.05, 0) is 31.2 Å². The molecule has 9 heteroatoms. The van der Waals surface area contributed by atoms with E-state index in [0.29, 0.717) is 21.8 Å². The Hall–Kier alpha value is -2.00. The zero-order chi connectivity index (χ0) is 16.5. The molecule has 118 valence electrons. The van der Waals surface area contributed by atoms with Crippen LogP contribution in [0.2, 0.25) is 0 Å². The van der Waals surface area contributed by atoms with Gasteiger partial charge in [-0.3, -0.25) is 0 Å². The third-order valence-corrected chi connectivity index (χ3v) is 3.10. The number of phenolic OH excluding ortho intramolecular Hbond substituents is 1. The first-order valence-electron chi connectivity index (χ1n) is 6.29. The summed E-state index contributed by atoms with van der Waals surface area (Å²) in [5, 5.41) is 31.7. The number of benzene rings is 1.